The molecule has 0 saturated carbocycles. The van der Waals surface area contributed by atoms with E-state index in [9.17, 15) is 4.79 Å². The Bertz CT molecular complexity index is 1190. The van der Waals surface area contributed by atoms with Gasteiger partial charge in [0, 0.05) is 35.3 Å². The van der Waals surface area contributed by atoms with E-state index < -0.39 is 0 Å². The number of nitrogens with one attached hydrogen (secondary N) is 1. The van der Waals surface area contributed by atoms with Gasteiger partial charge in [-0.3, -0.25) is 4.79 Å². The largest absolute Gasteiger partial charge is 0.454 e. The van der Waals surface area contributed by atoms with Crippen molar-refractivity contribution in [2.24, 2.45) is 0 Å². The Hall–Kier alpha value is -4.06. The number of rotatable bonds is 5. The second-order valence-corrected chi connectivity index (χ2v) is 6.58. The lowest BCUT2D eigenvalue weighted by molar-refractivity contribution is 0.104. The summed E-state index contributed by atoms with van der Waals surface area (Å²) in [5, 5.41) is 4.77. The molecule has 5 rings (SSSR count). The van der Waals surface area contributed by atoms with Gasteiger partial charge in [-0.05, 0) is 48.6 Å². The van der Waals surface area contributed by atoms with Crippen molar-refractivity contribution in [3.8, 4) is 28.4 Å². The molecule has 0 radical (unpaired) electrons. The summed E-state index contributed by atoms with van der Waals surface area (Å²) in [4.78, 5) is 15.3. The molecule has 1 aliphatic heterocycles. The van der Waals surface area contributed by atoms with E-state index in [2.05, 4.69) is 4.98 Å². The van der Waals surface area contributed by atoms with Crippen LogP contribution in [-0.4, -0.2) is 27.3 Å². The highest BCUT2D eigenvalue weighted by Gasteiger charge is 2.17. The quantitative estimate of drug-likeness (QED) is 0.407. The second-order valence-electron chi connectivity index (χ2n) is 6.58. The first kappa shape index (κ1) is 17.1. The van der Waals surface area contributed by atoms with E-state index in [1.807, 2.05) is 54.7 Å². The van der Waals surface area contributed by atoms with Gasteiger partial charge in [0.25, 0.3) is 0 Å². The predicted molar refractivity (Wildman–Crippen MR) is 109 cm³/mol. The molecule has 0 bridgehead atoms. The van der Waals surface area contributed by atoms with E-state index in [-0.39, 0.29) is 12.6 Å². The Morgan fingerprint density at radius 3 is 2.76 bits per heavy atom. The molecule has 4 aromatic rings. The van der Waals surface area contributed by atoms with Gasteiger partial charge in [0.1, 0.15) is 5.69 Å². The van der Waals surface area contributed by atoms with Gasteiger partial charge in [0.2, 0.25) is 6.79 Å². The van der Waals surface area contributed by atoms with Gasteiger partial charge in [-0.15, -0.1) is 0 Å². The zero-order valence-corrected chi connectivity index (χ0v) is 15.4. The average Bonchev–Trinajstić information content (AvgIpc) is 3.52. The van der Waals surface area contributed by atoms with Crippen LogP contribution in [0.15, 0.2) is 79.3 Å². The molecular formula is C23H17N3O3. The van der Waals surface area contributed by atoms with E-state index in [4.69, 9.17) is 14.6 Å². The summed E-state index contributed by atoms with van der Waals surface area (Å²) < 4.78 is 12.7. The molecule has 0 unspecified atom stereocenters. The Balaban J connectivity index is 1.57. The van der Waals surface area contributed by atoms with E-state index >= 15 is 0 Å². The average molecular weight is 383 g/mol. The van der Waals surface area contributed by atoms with Gasteiger partial charge >= 0.3 is 0 Å². The van der Waals surface area contributed by atoms with Crippen LogP contribution >= 0.6 is 0 Å². The zero-order chi connectivity index (χ0) is 19.6. The van der Waals surface area contributed by atoms with Crippen LogP contribution in [0.5, 0.6) is 11.5 Å². The molecular weight excluding hydrogens is 366 g/mol. The van der Waals surface area contributed by atoms with Crippen molar-refractivity contribution in [2.75, 3.05) is 6.79 Å². The monoisotopic (exact) mass is 383 g/mol. The van der Waals surface area contributed by atoms with Crippen LogP contribution in [0.2, 0.25) is 0 Å². The summed E-state index contributed by atoms with van der Waals surface area (Å²) in [5.74, 6) is 1.33. The highest BCUT2D eigenvalue weighted by Crippen LogP contribution is 2.36. The van der Waals surface area contributed by atoms with Crippen LogP contribution in [-0.2, 0) is 0 Å². The zero-order valence-electron chi connectivity index (χ0n) is 15.4. The Morgan fingerprint density at radius 1 is 1.07 bits per heavy atom. The van der Waals surface area contributed by atoms with Crippen molar-refractivity contribution in [1.82, 2.24) is 14.8 Å². The molecule has 2 aromatic carbocycles. The number of allylic oxidation sites excluding steroid dienone is 1. The lowest BCUT2D eigenvalue weighted by Crippen LogP contribution is -1.94. The number of carbonyl (C=O) groups is 1. The van der Waals surface area contributed by atoms with Crippen molar-refractivity contribution in [3.63, 3.8) is 0 Å². The van der Waals surface area contributed by atoms with Gasteiger partial charge in [-0.1, -0.05) is 18.2 Å². The number of hydrogen-bond donors (Lipinski definition) is 1. The van der Waals surface area contributed by atoms with Gasteiger partial charge in [0.15, 0.2) is 17.3 Å². The lowest BCUT2D eigenvalue weighted by Gasteiger charge is -2.02. The third-order valence-corrected chi connectivity index (χ3v) is 4.71. The van der Waals surface area contributed by atoms with Crippen molar-refractivity contribution in [3.05, 3.63) is 90.4 Å². The van der Waals surface area contributed by atoms with Crippen molar-refractivity contribution < 1.29 is 14.3 Å². The summed E-state index contributed by atoms with van der Waals surface area (Å²) in [6.07, 6.45) is 8.68. The van der Waals surface area contributed by atoms with Gasteiger partial charge in [-0.25, -0.2) is 4.68 Å². The number of ketones is 1. The first-order valence-electron chi connectivity index (χ1n) is 9.18. The molecule has 0 fully saturated rings. The van der Waals surface area contributed by atoms with Crippen LogP contribution in [0.3, 0.4) is 0 Å². The number of hydrogen-bond acceptors (Lipinski definition) is 4. The van der Waals surface area contributed by atoms with Gasteiger partial charge in [0.05, 0.1) is 5.69 Å². The smallest absolute Gasteiger partial charge is 0.231 e. The van der Waals surface area contributed by atoms with Crippen LogP contribution in [0.25, 0.3) is 23.0 Å². The first-order valence-corrected chi connectivity index (χ1v) is 9.18. The molecule has 142 valence electrons. The van der Waals surface area contributed by atoms with Crippen LogP contribution in [0.4, 0.5) is 0 Å². The minimum Gasteiger partial charge on any atom is -0.454 e. The molecule has 1 aliphatic rings. The molecule has 1 N–H and O–H groups in total. The first-order chi connectivity index (χ1) is 14.3. The highest BCUT2D eigenvalue weighted by atomic mass is 16.7. The number of nitrogens with zero attached hydrogens (tertiary/aromatic N) is 2. The third kappa shape index (κ3) is 3.32. The number of ether oxygens (including phenoxy) is 2. The maximum absolute atomic E-state index is 12.4. The summed E-state index contributed by atoms with van der Waals surface area (Å²) >= 11 is 0. The maximum atomic E-state index is 12.4. The molecule has 6 heteroatoms. The number of H-pyrrole nitrogens is 1. The van der Waals surface area contributed by atoms with Crippen LogP contribution in [0.1, 0.15) is 15.9 Å². The Kier molecular flexibility index (Phi) is 4.22. The molecule has 29 heavy (non-hydrogen) atoms. The third-order valence-electron chi connectivity index (χ3n) is 4.71. The highest BCUT2D eigenvalue weighted by molar-refractivity contribution is 6.07. The predicted octanol–water partition coefficient (Wildman–Crippen LogP) is 4.49. The Labute approximate surface area is 167 Å². The standard InChI is InChI=1S/C23H17N3O3/c27-20(17-10-11-24-13-17)8-6-18-14-26(19-4-2-1-3-5-19)25-23(18)16-7-9-21-22(12-16)29-15-28-21/h1-14,24H,15H2/b8-6+. The molecule has 0 atom stereocenters. The van der Waals surface area contributed by atoms with Crippen LogP contribution < -0.4 is 9.47 Å². The number of carbonyl (C=O) groups excluding carboxylic acids is 1. The van der Waals surface area contributed by atoms with E-state index in [0.29, 0.717) is 11.3 Å². The fourth-order valence-electron chi connectivity index (χ4n) is 3.23. The number of aromatic nitrogens is 3. The minimum absolute atomic E-state index is 0.0738. The summed E-state index contributed by atoms with van der Waals surface area (Å²) in [6.45, 7) is 0.217. The maximum Gasteiger partial charge on any atom is 0.231 e. The minimum atomic E-state index is -0.0738. The van der Waals surface area contributed by atoms with Crippen LogP contribution in [0, 0.1) is 0 Å². The number of aromatic amines is 1. The van der Waals surface area contributed by atoms with E-state index in [1.54, 1.807) is 35.3 Å². The Morgan fingerprint density at radius 2 is 1.93 bits per heavy atom. The fraction of sp³-hybridized carbons (Fsp3) is 0.0435. The molecule has 0 amide bonds. The number of benzene rings is 2. The summed E-state index contributed by atoms with van der Waals surface area (Å²) in [5.41, 5.74) is 4.02. The van der Waals surface area contributed by atoms with Gasteiger partial charge in [-0.2, -0.15) is 5.10 Å². The van der Waals surface area contributed by atoms with Crippen molar-refractivity contribution in [2.45, 2.75) is 0 Å². The summed E-state index contributed by atoms with van der Waals surface area (Å²) in [6, 6.07) is 17.3. The fourth-order valence-corrected chi connectivity index (χ4v) is 3.23. The topological polar surface area (TPSA) is 69.1 Å². The number of fused-ring (bicyclic) bond motifs is 1. The molecule has 6 nitrogen and oxygen atoms in total. The van der Waals surface area contributed by atoms with E-state index in [1.165, 1.54) is 0 Å². The van der Waals surface area contributed by atoms with Crippen molar-refractivity contribution in [1.29, 1.82) is 0 Å². The molecule has 0 aliphatic carbocycles. The molecule has 0 spiro atoms. The summed E-state index contributed by atoms with van der Waals surface area (Å²) in [7, 11) is 0. The molecule has 0 saturated heterocycles. The SMILES string of the molecule is O=C(/C=C/c1cn(-c2ccccc2)nc1-c1ccc2c(c1)OCO2)c1cc[nH]c1. The second kappa shape index (κ2) is 7.16. The van der Waals surface area contributed by atoms with Gasteiger partial charge < -0.3 is 14.5 Å². The van der Waals surface area contributed by atoms with E-state index in [0.717, 1.165) is 28.3 Å². The number of para-hydroxylation sites is 1. The normalized spacial score (nSPS) is 12.6. The molecule has 2 aromatic heterocycles. The molecule has 3 heterocycles. The van der Waals surface area contributed by atoms with Crippen molar-refractivity contribution >= 4 is 11.9 Å². The lowest BCUT2D eigenvalue weighted by atomic mass is 10.1.